The number of benzene rings is 2. The molecule has 0 radical (unpaired) electrons. The summed E-state index contributed by atoms with van der Waals surface area (Å²) >= 11 is 0. The van der Waals surface area contributed by atoms with Crippen LogP contribution in [0.15, 0.2) is 77.5 Å². The number of nitrogens with one attached hydrogen (secondary N) is 1. The molecule has 1 N–H and O–H groups in total. The molecule has 3 amide bonds. The van der Waals surface area contributed by atoms with Gasteiger partial charge in [0.1, 0.15) is 5.76 Å². The number of nitrogens with zero attached hydrogens (tertiary/aromatic N) is 3. The van der Waals surface area contributed by atoms with E-state index in [0.29, 0.717) is 17.1 Å². The molecular weight excluding hydrogens is 464 g/mol. The zero-order valence-corrected chi connectivity index (χ0v) is 19.1. The van der Waals surface area contributed by atoms with E-state index >= 15 is 0 Å². The fourth-order valence-electron chi connectivity index (χ4n) is 3.85. The predicted octanol–water partition coefficient (Wildman–Crippen LogP) is 3.69. The van der Waals surface area contributed by atoms with Crippen LogP contribution in [0.1, 0.15) is 54.2 Å². The van der Waals surface area contributed by atoms with Crippen molar-refractivity contribution in [2.75, 3.05) is 11.9 Å². The van der Waals surface area contributed by atoms with Gasteiger partial charge in [0.2, 0.25) is 0 Å². The van der Waals surface area contributed by atoms with Crippen molar-refractivity contribution in [2.45, 2.75) is 13.5 Å². The number of aromatic nitrogens is 2. The number of rotatable bonds is 7. The number of imide groups is 1. The van der Waals surface area contributed by atoms with E-state index in [1.54, 1.807) is 55.6 Å². The monoisotopic (exact) mass is 484 g/mol. The Hall–Kier alpha value is -4.99. The first-order valence-electron chi connectivity index (χ1n) is 11.1. The van der Waals surface area contributed by atoms with E-state index in [1.807, 2.05) is 0 Å². The Bertz CT molecular complexity index is 1490. The lowest BCUT2D eigenvalue weighted by atomic mass is 10.1. The maximum absolute atomic E-state index is 12.9. The summed E-state index contributed by atoms with van der Waals surface area (Å²) < 4.78 is 11.7. The lowest BCUT2D eigenvalue weighted by Crippen LogP contribution is -2.28. The molecule has 0 saturated carbocycles. The lowest BCUT2D eigenvalue weighted by molar-refractivity contribution is 0.0517. The molecular formula is C26H20N4O6. The van der Waals surface area contributed by atoms with E-state index in [1.165, 1.54) is 29.1 Å². The molecule has 0 bridgehead atoms. The van der Waals surface area contributed by atoms with Gasteiger partial charge in [-0.05, 0) is 61.5 Å². The Morgan fingerprint density at radius 2 is 1.83 bits per heavy atom. The van der Waals surface area contributed by atoms with Crippen molar-refractivity contribution >= 4 is 29.4 Å². The van der Waals surface area contributed by atoms with Gasteiger partial charge in [-0.3, -0.25) is 19.3 Å². The smallest absolute Gasteiger partial charge is 0.358 e. The first-order valence-corrected chi connectivity index (χ1v) is 11.1. The van der Waals surface area contributed by atoms with Crippen LogP contribution >= 0.6 is 0 Å². The van der Waals surface area contributed by atoms with Crippen molar-refractivity contribution in [3.05, 3.63) is 101 Å². The maximum Gasteiger partial charge on any atom is 0.358 e. The van der Waals surface area contributed by atoms with Crippen LogP contribution in [0.2, 0.25) is 0 Å². The van der Waals surface area contributed by atoms with Crippen LogP contribution in [0.25, 0.3) is 5.69 Å². The Kier molecular flexibility index (Phi) is 5.91. The van der Waals surface area contributed by atoms with Gasteiger partial charge in [0.05, 0.1) is 36.2 Å². The number of fused-ring (bicyclic) bond motifs is 1. The summed E-state index contributed by atoms with van der Waals surface area (Å²) in [5, 5.41) is 7.00. The van der Waals surface area contributed by atoms with Crippen molar-refractivity contribution in [3.63, 3.8) is 0 Å². The molecule has 180 valence electrons. The summed E-state index contributed by atoms with van der Waals surface area (Å²) in [7, 11) is 0. The van der Waals surface area contributed by atoms with Crippen molar-refractivity contribution < 1.29 is 28.3 Å². The second-order valence-electron chi connectivity index (χ2n) is 7.91. The van der Waals surface area contributed by atoms with Gasteiger partial charge in [0.15, 0.2) is 5.69 Å². The summed E-state index contributed by atoms with van der Waals surface area (Å²) in [4.78, 5) is 51.4. The van der Waals surface area contributed by atoms with Crippen LogP contribution in [-0.4, -0.2) is 45.0 Å². The van der Waals surface area contributed by atoms with Gasteiger partial charge < -0.3 is 14.5 Å². The van der Waals surface area contributed by atoms with Crippen LogP contribution in [0.5, 0.6) is 0 Å². The normalized spacial score (nSPS) is 12.5. The fourth-order valence-corrected chi connectivity index (χ4v) is 3.85. The van der Waals surface area contributed by atoms with Crippen molar-refractivity contribution in [1.82, 2.24) is 14.7 Å². The number of ether oxygens (including phenoxy) is 1. The third-order valence-electron chi connectivity index (χ3n) is 5.57. The largest absolute Gasteiger partial charge is 0.467 e. The summed E-state index contributed by atoms with van der Waals surface area (Å²) in [5.74, 6) is -1.42. The molecule has 1 aliphatic heterocycles. The standard InChI is InChI=1S/C26H20N4O6/c1-2-35-26(34)22-10-11-30(28-22)18-6-3-5-17(14-18)27-23(31)16-8-9-20-21(13-16)25(33)29(24(20)32)15-19-7-4-12-36-19/h3-14H,2,15H2,1H3,(H,27,31). The molecule has 0 aliphatic carbocycles. The van der Waals surface area contributed by atoms with Gasteiger partial charge in [-0.2, -0.15) is 5.10 Å². The first-order chi connectivity index (χ1) is 17.4. The molecule has 1 aliphatic rings. The highest BCUT2D eigenvalue weighted by Gasteiger charge is 2.36. The van der Waals surface area contributed by atoms with Crippen molar-refractivity contribution in [1.29, 1.82) is 0 Å². The average molecular weight is 484 g/mol. The molecule has 5 rings (SSSR count). The molecule has 0 spiro atoms. The zero-order valence-electron chi connectivity index (χ0n) is 19.1. The minimum atomic E-state index is -0.520. The van der Waals surface area contributed by atoms with E-state index in [-0.39, 0.29) is 35.5 Å². The van der Waals surface area contributed by atoms with Crippen LogP contribution in [0, 0.1) is 0 Å². The highest BCUT2D eigenvalue weighted by molar-refractivity contribution is 6.22. The summed E-state index contributed by atoms with van der Waals surface area (Å²) in [5.41, 5.74) is 1.89. The van der Waals surface area contributed by atoms with Gasteiger partial charge in [0.25, 0.3) is 17.7 Å². The van der Waals surface area contributed by atoms with E-state index in [2.05, 4.69) is 10.4 Å². The molecule has 0 saturated heterocycles. The minimum absolute atomic E-state index is 0.0129. The van der Waals surface area contributed by atoms with E-state index in [4.69, 9.17) is 9.15 Å². The fraction of sp³-hybridized carbons (Fsp3) is 0.115. The molecule has 0 unspecified atom stereocenters. The Morgan fingerprint density at radius 3 is 2.61 bits per heavy atom. The zero-order chi connectivity index (χ0) is 25.2. The Labute approximate surface area is 205 Å². The molecule has 36 heavy (non-hydrogen) atoms. The van der Waals surface area contributed by atoms with Crippen LogP contribution in [0.4, 0.5) is 5.69 Å². The van der Waals surface area contributed by atoms with Gasteiger partial charge in [-0.1, -0.05) is 6.07 Å². The lowest BCUT2D eigenvalue weighted by Gasteiger charge is -2.11. The SMILES string of the molecule is CCOC(=O)c1ccn(-c2cccc(NC(=O)c3ccc4c(c3)C(=O)N(Cc3ccco3)C4=O)c2)n1. The van der Waals surface area contributed by atoms with Gasteiger partial charge in [-0.15, -0.1) is 0 Å². The van der Waals surface area contributed by atoms with E-state index in [9.17, 15) is 19.2 Å². The Balaban J connectivity index is 1.32. The second kappa shape index (κ2) is 9.34. The molecule has 3 heterocycles. The molecule has 2 aromatic heterocycles. The third-order valence-corrected chi connectivity index (χ3v) is 5.57. The van der Waals surface area contributed by atoms with E-state index in [0.717, 1.165) is 4.90 Å². The number of carbonyl (C=O) groups is 4. The summed E-state index contributed by atoms with van der Waals surface area (Å²) in [6, 6.07) is 16.2. The number of furan rings is 1. The summed E-state index contributed by atoms with van der Waals surface area (Å²) in [6.45, 7) is 1.98. The van der Waals surface area contributed by atoms with Crippen LogP contribution in [0.3, 0.4) is 0 Å². The van der Waals surface area contributed by atoms with Crippen LogP contribution in [-0.2, 0) is 11.3 Å². The van der Waals surface area contributed by atoms with Gasteiger partial charge >= 0.3 is 5.97 Å². The van der Waals surface area contributed by atoms with E-state index < -0.39 is 23.7 Å². The molecule has 2 aromatic carbocycles. The number of esters is 1. The van der Waals surface area contributed by atoms with Gasteiger partial charge in [0, 0.05) is 17.4 Å². The molecule has 0 atom stereocenters. The van der Waals surface area contributed by atoms with Gasteiger partial charge in [-0.25, -0.2) is 9.48 Å². The molecule has 10 nitrogen and oxygen atoms in total. The van der Waals surface area contributed by atoms with Crippen LogP contribution < -0.4 is 5.32 Å². The highest BCUT2D eigenvalue weighted by atomic mass is 16.5. The predicted molar refractivity (Wildman–Crippen MR) is 127 cm³/mol. The molecule has 10 heteroatoms. The molecule has 4 aromatic rings. The second-order valence-corrected chi connectivity index (χ2v) is 7.91. The number of hydrogen-bond acceptors (Lipinski definition) is 7. The number of hydrogen-bond donors (Lipinski definition) is 1. The summed E-state index contributed by atoms with van der Waals surface area (Å²) in [6.07, 6.45) is 3.08. The third kappa shape index (κ3) is 4.27. The minimum Gasteiger partial charge on any atom is -0.467 e. The highest BCUT2D eigenvalue weighted by Crippen LogP contribution is 2.26. The quantitative estimate of drug-likeness (QED) is 0.313. The molecule has 0 fully saturated rings. The number of amides is 3. The Morgan fingerprint density at radius 1 is 1.00 bits per heavy atom. The topological polar surface area (TPSA) is 124 Å². The average Bonchev–Trinajstić information content (AvgIpc) is 3.63. The van der Waals surface area contributed by atoms with Crippen molar-refractivity contribution in [3.8, 4) is 5.69 Å². The number of anilines is 1. The number of carbonyl (C=O) groups excluding carboxylic acids is 4. The van der Waals surface area contributed by atoms with Crippen molar-refractivity contribution in [2.24, 2.45) is 0 Å². The first kappa shape index (κ1) is 22.8. The maximum atomic E-state index is 12.9.